The van der Waals surface area contributed by atoms with E-state index in [9.17, 15) is 4.79 Å². The maximum atomic E-state index is 11.6. The van der Waals surface area contributed by atoms with Gasteiger partial charge in [-0.05, 0) is 24.1 Å². The minimum absolute atomic E-state index is 0.00912. The molecule has 0 aromatic carbocycles. The predicted octanol–water partition coefficient (Wildman–Crippen LogP) is 1.81. The topological polar surface area (TPSA) is 46.9 Å². The largest absolute Gasteiger partial charge is 0.352 e. The third-order valence-electron chi connectivity index (χ3n) is 2.84. The zero-order chi connectivity index (χ0) is 11.8. The van der Waals surface area contributed by atoms with Crippen molar-refractivity contribution in [1.82, 2.24) is 14.9 Å². The number of aromatic nitrogens is 2. The van der Waals surface area contributed by atoms with E-state index in [-0.39, 0.29) is 5.91 Å². The third-order valence-corrected chi connectivity index (χ3v) is 3.05. The molecule has 3 heterocycles. The fourth-order valence-corrected chi connectivity index (χ4v) is 2.18. The SMILES string of the molecule is O=C1NCCc2cn(-c3ccnc(Cl)c3)cc21. The fourth-order valence-electron chi connectivity index (χ4n) is 2.01. The lowest BCUT2D eigenvalue weighted by Gasteiger charge is -2.10. The zero-order valence-electron chi connectivity index (χ0n) is 8.98. The molecule has 0 radical (unpaired) electrons. The molecule has 4 nitrogen and oxygen atoms in total. The quantitative estimate of drug-likeness (QED) is 0.782. The Balaban J connectivity index is 2.08. The minimum atomic E-state index is -0.00912. The summed E-state index contributed by atoms with van der Waals surface area (Å²) in [6, 6.07) is 3.63. The molecular formula is C12H10ClN3O. The number of rotatable bonds is 1. The normalized spacial score (nSPS) is 14.3. The first-order chi connectivity index (χ1) is 8.24. The molecular weight excluding hydrogens is 238 g/mol. The highest BCUT2D eigenvalue weighted by molar-refractivity contribution is 6.29. The number of carbonyl (C=O) groups excluding carboxylic acids is 1. The highest BCUT2D eigenvalue weighted by atomic mass is 35.5. The minimum Gasteiger partial charge on any atom is -0.352 e. The molecule has 1 amide bonds. The second-order valence-corrected chi connectivity index (χ2v) is 4.33. The average molecular weight is 248 g/mol. The molecule has 17 heavy (non-hydrogen) atoms. The first-order valence-corrected chi connectivity index (χ1v) is 5.73. The van der Waals surface area contributed by atoms with Crippen molar-refractivity contribution in [3.8, 4) is 5.69 Å². The second kappa shape index (κ2) is 3.89. The molecule has 86 valence electrons. The van der Waals surface area contributed by atoms with Gasteiger partial charge in [0.15, 0.2) is 0 Å². The van der Waals surface area contributed by atoms with Crippen LogP contribution in [0.4, 0.5) is 0 Å². The Morgan fingerprint density at radius 3 is 3.06 bits per heavy atom. The van der Waals surface area contributed by atoms with E-state index in [0.717, 1.165) is 23.2 Å². The maximum absolute atomic E-state index is 11.6. The zero-order valence-corrected chi connectivity index (χ0v) is 9.74. The van der Waals surface area contributed by atoms with Gasteiger partial charge >= 0.3 is 0 Å². The lowest BCUT2D eigenvalue weighted by molar-refractivity contribution is 0.0946. The van der Waals surface area contributed by atoms with Crippen LogP contribution in [0.5, 0.6) is 0 Å². The second-order valence-electron chi connectivity index (χ2n) is 3.95. The molecule has 0 fully saturated rings. The number of nitrogens with zero attached hydrogens (tertiary/aromatic N) is 2. The van der Waals surface area contributed by atoms with Gasteiger partial charge in [-0.3, -0.25) is 4.79 Å². The summed E-state index contributed by atoms with van der Waals surface area (Å²) in [5, 5.41) is 3.27. The summed E-state index contributed by atoms with van der Waals surface area (Å²) in [4.78, 5) is 15.6. The molecule has 0 spiro atoms. The van der Waals surface area contributed by atoms with E-state index < -0.39 is 0 Å². The molecule has 1 aliphatic rings. The summed E-state index contributed by atoms with van der Waals surface area (Å²) in [5.74, 6) is -0.00912. The number of hydrogen-bond acceptors (Lipinski definition) is 2. The molecule has 0 bridgehead atoms. The lowest BCUT2D eigenvalue weighted by atomic mass is 10.1. The Morgan fingerprint density at radius 1 is 1.41 bits per heavy atom. The van der Waals surface area contributed by atoms with Gasteiger partial charge in [0.05, 0.1) is 5.56 Å². The van der Waals surface area contributed by atoms with E-state index in [1.54, 1.807) is 12.3 Å². The molecule has 0 atom stereocenters. The Bertz CT molecular complexity index is 591. The number of amides is 1. The number of nitrogens with one attached hydrogen (secondary N) is 1. The number of pyridine rings is 1. The Kier molecular flexibility index (Phi) is 2.37. The summed E-state index contributed by atoms with van der Waals surface area (Å²) in [7, 11) is 0. The molecule has 0 saturated heterocycles. The molecule has 2 aromatic heterocycles. The first-order valence-electron chi connectivity index (χ1n) is 5.35. The van der Waals surface area contributed by atoms with E-state index in [0.29, 0.717) is 11.7 Å². The summed E-state index contributed by atoms with van der Waals surface area (Å²) < 4.78 is 1.91. The van der Waals surface area contributed by atoms with Crippen molar-refractivity contribution in [3.63, 3.8) is 0 Å². The van der Waals surface area contributed by atoms with E-state index in [2.05, 4.69) is 10.3 Å². The van der Waals surface area contributed by atoms with Crippen molar-refractivity contribution in [2.75, 3.05) is 6.54 Å². The molecule has 0 aliphatic carbocycles. The van der Waals surface area contributed by atoms with Gasteiger partial charge in [0.2, 0.25) is 0 Å². The maximum Gasteiger partial charge on any atom is 0.253 e. The monoisotopic (exact) mass is 247 g/mol. The Labute approximate surface area is 103 Å². The summed E-state index contributed by atoms with van der Waals surface area (Å²) >= 11 is 5.85. The van der Waals surface area contributed by atoms with Crippen LogP contribution in [0, 0.1) is 0 Å². The van der Waals surface area contributed by atoms with Crippen molar-refractivity contribution < 1.29 is 4.79 Å². The van der Waals surface area contributed by atoms with Crippen LogP contribution in [0.2, 0.25) is 5.15 Å². The van der Waals surface area contributed by atoms with Gasteiger partial charge in [-0.15, -0.1) is 0 Å². The predicted molar refractivity (Wildman–Crippen MR) is 64.6 cm³/mol. The number of hydrogen-bond donors (Lipinski definition) is 1. The molecule has 1 N–H and O–H groups in total. The molecule has 5 heteroatoms. The summed E-state index contributed by atoms with van der Waals surface area (Å²) in [6.07, 6.45) is 6.32. The average Bonchev–Trinajstić information content (AvgIpc) is 2.74. The van der Waals surface area contributed by atoms with Crippen LogP contribution in [0.15, 0.2) is 30.7 Å². The van der Waals surface area contributed by atoms with Crippen LogP contribution in [0.3, 0.4) is 0 Å². The highest BCUT2D eigenvalue weighted by Crippen LogP contribution is 2.19. The molecule has 1 aliphatic heterocycles. The van der Waals surface area contributed by atoms with Crippen LogP contribution in [-0.4, -0.2) is 22.0 Å². The summed E-state index contributed by atoms with van der Waals surface area (Å²) in [5.41, 5.74) is 2.72. The smallest absolute Gasteiger partial charge is 0.253 e. The summed E-state index contributed by atoms with van der Waals surface area (Å²) in [6.45, 7) is 0.701. The van der Waals surface area contributed by atoms with Gasteiger partial charge in [-0.25, -0.2) is 4.98 Å². The van der Waals surface area contributed by atoms with Gasteiger partial charge < -0.3 is 9.88 Å². The fraction of sp³-hybridized carbons (Fsp3) is 0.167. The van der Waals surface area contributed by atoms with Crippen LogP contribution in [0.25, 0.3) is 5.69 Å². The number of carbonyl (C=O) groups is 1. The van der Waals surface area contributed by atoms with E-state index in [4.69, 9.17) is 11.6 Å². The van der Waals surface area contributed by atoms with Crippen molar-refractivity contribution in [1.29, 1.82) is 0 Å². The van der Waals surface area contributed by atoms with E-state index >= 15 is 0 Å². The van der Waals surface area contributed by atoms with Crippen LogP contribution in [-0.2, 0) is 6.42 Å². The van der Waals surface area contributed by atoms with Crippen molar-refractivity contribution in [3.05, 3.63) is 47.0 Å². The lowest BCUT2D eigenvalue weighted by Crippen LogP contribution is -2.30. The highest BCUT2D eigenvalue weighted by Gasteiger charge is 2.18. The molecule has 2 aromatic rings. The molecule has 0 saturated carbocycles. The Hall–Kier alpha value is -1.81. The van der Waals surface area contributed by atoms with E-state index in [1.165, 1.54) is 0 Å². The van der Waals surface area contributed by atoms with Crippen LogP contribution < -0.4 is 5.32 Å². The van der Waals surface area contributed by atoms with Crippen molar-refractivity contribution in [2.45, 2.75) is 6.42 Å². The first kappa shape index (κ1) is 10.4. The van der Waals surface area contributed by atoms with E-state index in [1.807, 2.05) is 23.0 Å². The van der Waals surface area contributed by atoms with Crippen LogP contribution >= 0.6 is 11.6 Å². The van der Waals surface area contributed by atoms with Gasteiger partial charge in [0, 0.05) is 30.8 Å². The van der Waals surface area contributed by atoms with Gasteiger partial charge in [-0.2, -0.15) is 0 Å². The van der Waals surface area contributed by atoms with Gasteiger partial charge in [-0.1, -0.05) is 11.6 Å². The molecule has 0 unspecified atom stereocenters. The van der Waals surface area contributed by atoms with Gasteiger partial charge in [0.1, 0.15) is 5.15 Å². The standard InChI is InChI=1S/C12H10ClN3O/c13-11-5-9(2-4-14-11)16-6-8-1-3-15-12(17)10(8)7-16/h2,4-7H,1,3H2,(H,15,17). The van der Waals surface area contributed by atoms with Gasteiger partial charge in [0.25, 0.3) is 5.91 Å². The number of fused-ring (bicyclic) bond motifs is 1. The van der Waals surface area contributed by atoms with Crippen molar-refractivity contribution >= 4 is 17.5 Å². The van der Waals surface area contributed by atoms with Crippen molar-refractivity contribution in [2.24, 2.45) is 0 Å². The third kappa shape index (κ3) is 1.80. The van der Waals surface area contributed by atoms with Crippen LogP contribution in [0.1, 0.15) is 15.9 Å². The Morgan fingerprint density at radius 2 is 2.29 bits per heavy atom. The number of halogens is 1. The molecule has 3 rings (SSSR count).